The van der Waals surface area contributed by atoms with E-state index in [-0.39, 0.29) is 11.2 Å². The molecule has 0 bridgehead atoms. The van der Waals surface area contributed by atoms with Crippen LogP contribution in [0.5, 0.6) is 5.75 Å². The molecule has 6 nitrogen and oxygen atoms in total. The van der Waals surface area contributed by atoms with Crippen LogP contribution in [0.15, 0.2) is 59.8 Å². The van der Waals surface area contributed by atoms with Crippen molar-refractivity contribution in [3.05, 3.63) is 60.4 Å². The molecular weight excluding hydrogens is 372 g/mol. The fourth-order valence-corrected chi connectivity index (χ4v) is 3.79. The number of nitrogens with zero attached hydrogens (tertiary/aromatic N) is 3. The SMILES string of the molecule is COc1ccc(NC(=O)[C@@H](C)Sc2nnc(C3CC3)n2-c2ccccc2)cc1. The Bertz CT molecular complexity index is 952. The molecule has 2 aromatic carbocycles. The minimum absolute atomic E-state index is 0.0780. The van der Waals surface area contributed by atoms with Gasteiger partial charge < -0.3 is 10.1 Å². The molecule has 144 valence electrons. The van der Waals surface area contributed by atoms with Crippen molar-refractivity contribution in [3.63, 3.8) is 0 Å². The molecule has 1 amide bonds. The summed E-state index contributed by atoms with van der Waals surface area (Å²) in [6.07, 6.45) is 2.28. The number of amides is 1. The van der Waals surface area contributed by atoms with Crippen molar-refractivity contribution in [3.8, 4) is 11.4 Å². The second-order valence-corrected chi connectivity index (χ2v) is 8.07. The van der Waals surface area contributed by atoms with E-state index < -0.39 is 0 Å². The van der Waals surface area contributed by atoms with E-state index in [1.807, 2.05) is 61.5 Å². The van der Waals surface area contributed by atoms with E-state index in [1.165, 1.54) is 11.8 Å². The van der Waals surface area contributed by atoms with E-state index in [9.17, 15) is 4.79 Å². The number of rotatable bonds is 7. The molecule has 3 aromatic rings. The maximum absolute atomic E-state index is 12.7. The van der Waals surface area contributed by atoms with Gasteiger partial charge in [0.05, 0.1) is 12.4 Å². The molecule has 4 rings (SSSR count). The average Bonchev–Trinajstić information content (AvgIpc) is 3.49. The largest absolute Gasteiger partial charge is 0.497 e. The monoisotopic (exact) mass is 394 g/mol. The number of carbonyl (C=O) groups is 1. The van der Waals surface area contributed by atoms with Crippen LogP contribution in [0.4, 0.5) is 5.69 Å². The van der Waals surface area contributed by atoms with Crippen LogP contribution in [0.3, 0.4) is 0 Å². The number of hydrogen-bond acceptors (Lipinski definition) is 5. The van der Waals surface area contributed by atoms with Gasteiger partial charge in [0.1, 0.15) is 11.6 Å². The predicted octanol–water partition coefficient (Wildman–Crippen LogP) is 4.27. The molecule has 1 N–H and O–H groups in total. The number of anilines is 1. The van der Waals surface area contributed by atoms with Crippen molar-refractivity contribution in [1.29, 1.82) is 0 Å². The lowest BCUT2D eigenvalue weighted by Crippen LogP contribution is -2.22. The maximum Gasteiger partial charge on any atom is 0.237 e. The van der Waals surface area contributed by atoms with Crippen LogP contribution in [-0.2, 0) is 4.79 Å². The van der Waals surface area contributed by atoms with Gasteiger partial charge in [0.25, 0.3) is 0 Å². The van der Waals surface area contributed by atoms with Crippen molar-refractivity contribution in [2.24, 2.45) is 0 Å². The number of benzene rings is 2. The lowest BCUT2D eigenvalue weighted by molar-refractivity contribution is -0.115. The standard InChI is InChI=1S/C21H22N4O2S/c1-14(20(26)22-16-10-12-18(27-2)13-11-16)28-21-24-23-19(15-8-9-15)25(21)17-6-4-3-5-7-17/h3-7,10-15H,8-9H2,1-2H3,(H,22,26)/t14-/m1/s1. The number of para-hydroxylation sites is 1. The summed E-state index contributed by atoms with van der Waals surface area (Å²) in [5, 5.41) is 12.2. The van der Waals surface area contributed by atoms with Gasteiger partial charge in [0.15, 0.2) is 5.16 Å². The molecule has 1 atom stereocenters. The highest BCUT2D eigenvalue weighted by Crippen LogP contribution is 2.41. The first-order valence-electron chi connectivity index (χ1n) is 9.28. The normalized spacial score (nSPS) is 14.5. The second kappa shape index (κ2) is 8.06. The number of hydrogen-bond donors (Lipinski definition) is 1. The zero-order valence-corrected chi connectivity index (χ0v) is 16.6. The Hall–Kier alpha value is -2.80. The fraction of sp³-hybridized carbons (Fsp3) is 0.286. The van der Waals surface area contributed by atoms with Gasteiger partial charge in [0.2, 0.25) is 5.91 Å². The first-order chi connectivity index (χ1) is 13.7. The van der Waals surface area contributed by atoms with Crippen LogP contribution >= 0.6 is 11.8 Å². The molecule has 1 saturated carbocycles. The third kappa shape index (κ3) is 4.04. The molecule has 1 aliphatic rings. The van der Waals surface area contributed by atoms with Gasteiger partial charge in [-0.1, -0.05) is 30.0 Å². The van der Waals surface area contributed by atoms with E-state index in [0.29, 0.717) is 5.92 Å². The Morgan fingerprint density at radius 3 is 2.50 bits per heavy atom. The third-order valence-corrected chi connectivity index (χ3v) is 5.67. The molecule has 28 heavy (non-hydrogen) atoms. The Labute approximate surface area is 168 Å². The molecule has 1 fully saturated rings. The second-order valence-electron chi connectivity index (χ2n) is 6.76. The Kier molecular flexibility index (Phi) is 5.34. The predicted molar refractivity (Wildman–Crippen MR) is 110 cm³/mol. The van der Waals surface area contributed by atoms with Crippen LogP contribution in [-0.4, -0.2) is 33.0 Å². The zero-order valence-electron chi connectivity index (χ0n) is 15.8. The number of aromatic nitrogens is 3. The summed E-state index contributed by atoms with van der Waals surface area (Å²) in [4.78, 5) is 12.7. The van der Waals surface area contributed by atoms with E-state index in [1.54, 1.807) is 7.11 Å². The van der Waals surface area contributed by atoms with Gasteiger partial charge >= 0.3 is 0 Å². The molecule has 0 unspecified atom stereocenters. The van der Waals surface area contributed by atoms with Crippen molar-refractivity contribution < 1.29 is 9.53 Å². The Morgan fingerprint density at radius 1 is 1.14 bits per heavy atom. The van der Waals surface area contributed by atoms with Crippen LogP contribution in [0, 0.1) is 0 Å². The molecule has 0 spiro atoms. The molecule has 1 aromatic heterocycles. The quantitative estimate of drug-likeness (QED) is 0.606. The summed E-state index contributed by atoms with van der Waals surface area (Å²) in [7, 11) is 1.62. The molecule has 0 radical (unpaired) electrons. The highest BCUT2D eigenvalue weighted by Gasteiger charge is 2.31. The van der Waals surface area contributed by atoms with E-state index in [4.69, 9.17) is 4.74 Å². The van der Waals surface area contributed by atoms with Crippen molar-refractivity contribution >= 4 is 23.4 Å². The number of methoxy groups -OCH3 is 1. The first kappa shape index (κ1) is 18.6. The number of ether oxygens (including phenoxy) is 1. The number of nitrogens with one attached hydrogen (secondary N) is 1. The Morgan fingerprint density at radius 2 is 1.86 bits per heavy atom. The zero-order chi connectivity index (χ0) is 19.5. The molecule has 0 saturated heterocycles. The number of carbonyl (C=O) groups excluding carboxylic acids is 1. The summed E-state index contributed by atoms with van der Waals surface area (Å²) in [6, 6.07) is 17.4. The molecule has 1 aliphatic carbocycles. The highest BCUT2D eigenvalue weighted by molar-refractivity contribution is 8.00. The lowest BCUT2D eigenvalue weighted by atomic mass is 10.3. The van der Waals surface area contributed by atoms with Crippen molar-refractivity contribution in [1.82, 2.24) is 14.8 Å². The van der Waals surface area contributed by atoms with Crippen molar-refractivity contribution in [2.45, 2.75) is 36.1 Å². The van der Waals surface area contributed by atoms with Crippen LogP contribution in [0.2, 0.25) is 0 Å². The molecule has 7 heteroatoms. The van der Waals surface area contributed by atoms with Gasteiger partial charge in [0, 0.05) is 17.3 Å². The van der Waals surface area contributed by atoms with Crippen LogP contribution in [0.25, 0.3) is 5.69 Å². The van der Waals surface area contributed by atoms with E-state index in [2.05, 4.69) is 20.1 Å². The molecular formula is C21H22N4O2S. The summed E-state index contributed by atoms with van der Waals surface area (Å²) in [5.74, 6) is 2.12. The molecule has 1 heterocycles. The van der Waals surface area contributed by atoms with Gasteiger partial charge in [-0.2, -0.15) is 0 Å². The highest BCUT2D eigenvalue weighted by atomic mass is 32.2. The van der Waals surface area contributed by atoms with Crippen LogP contribution < -0.4 is 10.1 Å². The maximum atomic E-state index is 12.7. The van der Waals surface area contributed by atoms with Crippen molar-refractivity contribution in [2.75, 3.05) is 12.4 Å². The lowest BCUT2D eigenvalue weighted by Gasteiger charge is -2.14. The first-order valence-corrected chi connectivity index (χ1v) is 10.2. The average molecular weight is 395 g/mol. The van der Waals surface area contributed by atoms with Gasteiger partial charge in [-0.25, -0.2) is 0 Å². The van der Waals surface area contributed by atoms with Gasteiger partial charge in [-0.15, -0.1) is 10.2 Å². The molecule has 0 aliphatic heterocycles. The van der Waals surface area contributed by atoms with Crippen LogP contribution in [0.1, 0.15) is 31.5 Å². The summed E-state index contributed by atoms with van der Waals surface area (Å²) in [6.45, 7) is 1.88. The smallest absolute Gasteiger partial charge is 0.237 e. The minimum Gasteiger partial charge on any atom is -0.497 e. The van der Waals surface area contributed by atoms with Gasteiger partial charge in [-0.05, 0) is 56.2 Å². The Balaban J connectivity index is 1.51. The van der Waals surface area contributed by atoms with E-state index >= 15 is 0 Å². The summed E-state index contributed by atoms with van der Waals surface area (Å²) in [5.41, 5.74) is 1.76. The topological polar surface area (TPSA) is 69.0 Å². The minimum atomic E-state index is -0.319. The fourth-order valence-electron chi connectivity index (χ4n) is 2.91. The van der Waals surface area contributed by atoms with Gasteiger partial charge in [-0.3, -0.25) is 9.36 Å². The summed E-state index contributed by atoms with van der Waals surface area (Å²) >= 11 is 1.42. The van der Waals surface area contributed by atoms with E-state index in [0.717, 1.165) is 40.9 Å². The summed E-state index contributed by atoms with van der Waals surface area (Å²) < 4.78 is 7.23. The third-order valence-electron chi connectivity index (χ3n) is 4.62. The number of thioether (sulfide) groups is 1.